The van der Waals surface area contributed by atoms with Gasteiger partial charge in [0.2, 0.25) is 5.91 Å². The van der Waals surface area contributed by atoms with Crippen LogP contribution in [0.15, 0.2) is 47.4 Å². The van der Waals surface area contributed by atoms with Crippen LogP contribution in [0.2, 0.25) is 0 Å². The third-order valence-corrected chi connectivity index (χ3v) is 3.97. The molecule has 112 valence electrons. The Morgan fingerprint density at radius 2 is 1.95 bits per heavy atom. The van der Waals surface area contributed by atoms with E-state index in [2.05, 4.69) is 5.32 Å². The van der Waals surface area contributed by atoms with Crippen molar-refractivity contribution in [2.45, 2.75) is 17.1 Å². The van der Waals surface area contributed by atoms with Crippen molar-refractivity contribution < 1.29 is 13.6 Å². The zero-order valence-corrected chi connectivity index (χ0v) is 12.5. The molecule has 0 aliphatic rings. The van der Waals surface area contributed by atoms with Crippen molar-refractivity contribution in [1.29, 1.82) is 5.26 Å². The van der Waals surface area contributed by atoms with E-state index in [1.165, 1.54) is 6.07 Å². The number of thioether (sulfide) groups is 1. The number of anilines is 1. The lowest BCUT2D eigenvalue weighted by atomic mass is 10.2. The molecule has 2 rings (SSSR count). The standard InChI is InChI=1S/C16H12F2N2OS/c1-10(22-12-6-7-13(17)14(18)8-12)16(21)20-15-5-3-2-4-11(15)9-19/h2-8,10H,1H3,(H,20,21). The van der Waals surface area contributed by atoms with Gasteiger partial charge in [-0.1, -0.05) is 12.1 Å². The van der Waals surface area contributed by atoms with Crippen molar-refractivity contribution in [1.82, 2.24) is 0 Å². The van der Waals surface area contributed by atoms with Gasteiger partial charge in [0.05, 0.1) is 16.5 Å². The van der Waals surface area contributed by atoms with Crippen LogP contribution in [0, 0.1) is 23.0 Å². The molecule has 0 saturated carbocycles. The number of rotatable bonds is 4. The molecule has 2 aromatic carbocycles. The van der Waals surface area contributed by atoms with Gasteiger partial charge in [0.1, 0.15) is 6.07 Å². The fourth-order valence-corrected chi connectivity index (χ4v) is 2.62. The minimum absolute atomic E-state index is 0.322. The number of nitrogens with zero attached hydrogens (tertiary/aromatic N) is 1. The third kappa shape index (κ3) is 3.83. The monoisotopic (exact) mass is 318 g/mol. The van der Waals surface area contributed by atoms with Crippen molar-refractivity contribution in [2.75, 3.05) is 5.32 Å². The third-order valence-electron chi connectivity index (χ3n) is 2.88. The van der Waals surface area contributed by atoms with Crippen molar-refractivity contribution in [3.05, 3.63) is 59.7 Å². The van der Waals surface area contributed by atoms with E-state index in [1.54, 1.807) is 31.2 Å². The largest absolute Gasteiger partial charge is 0.324 e. The fourth-order valence-electron chi connectivity index (χ4n) is 1.73. The van der Waals surface area contributed by atoms with Crippen molar-refractivity contribution in [3.8, 4) is 6.07 Å². The molecule has 0 fully saturated rings. The highest BCUT2D eigenvalue weighted by Crippen LogP contribution is 2.26. The first kappa shape index (κ1) is 16.0. The summed E-state index contributed by atoms with van der Waals surface area (Å²) in [7, 11) is 0. The second-order valence-corrected chi connectivity index (χ2v) is 5.90. The molecule has 0 aliphatic carbocycles. The first-order valence-corrected chi connectivity index (χ1v) is 7.31. The lowest BCUT2D eigenvalue weighted by Gasteiger charge is -2.13. The molecule has 22 heavy (non-hydrogen) atoms. The number of benzene rings is 2. The minimum atomic E-state index is -0.951. The molecule has 0 spiro atoms. The van der Waals surface area contributed by atoms with E-state index in [0.717, 1.165) is 23.9 Å². The average Bonchev–Trinajstić information content (AvgIpc) is 2.51. The molecule has 0 bridgehead atoms. The summed E-state index contributed by atoms with van der Waals surface area (Å²) < 4.78 is 26.0. The van der Waals surface area contributed by atoms with Gasteiger partial charge in [0, 0.05) is 4.90 Å². The molecule has 0 aromatic heterocycles. The molecule has 0 saturated heterocycles. The Bertz CT molecular complexity index is 743. The van der Waals surface area contributed by atoms with Gasteiger partial charge in [-0.05, 0) is 37.3 Å². The molecule has 1 amide bonds. The first-order chi connectivity index (χ1) is 10.5. The van der Waals surface area contributed by atoms with Crippen LogP contribution in [0.1, 0.15) is 12.5 Å². The van der Waals surface area contributed by atoms with E-state index in [-0.39, 0.29) is 5.91 Å². The average molecular weight is 318 g/mol. The van der Waals surface area contributed by atoms with Gasteiger partial charge in [0.15, 0.2) is 11.6 Å². The van der Waals surface area contributed by atoms with E-state index in [4.69, 9.17) is 5.26 Å². The molecule has 0 aliphatic heterocycles. The van der Waals surface area contributed by atoms with Crippen LogP contribution in [0.3, 0.4) is 0 Å². The number of nitrogens with one attached hydrogen (secondary N) is 1. The SMILES string of the molecule is CC(Sc1ccc(F)c(F)c1)C(=O)Nc1ccccc1C#N. The highest BCUT2D eigenvalue weighted by Gasteiger charge is 2.16. The number of carbonyl (C=O) groups excluding carboxylic acids is 1. The molecule has 1 unspecified atom stereocenters. The second kappa shape index (κ2) is 7.05. The van der Waals surface area contributed by atoms with Gasteiger partial charge in [0.25, 0.3) is 0 Å². The summed E-state index contributed by atoms with van der Waals surface area (Å²) >= 11 is 1.11. The maximum Gasteiger partial charge on any atom is 0.237 e. The number of halogens is 2. The molecule has 0 heterocycles. The number of para-hydroxylation sites is 1. The highest BCUT2D eigenvalue weighted by atomic mass is 32.2. The molecular weight excluding hydrogens is 306 g/mol. The summed E-state index contributed by atoms with van der Waals surface area (Å²) in [5, 5.41) is 11.1. The van der Waals surface area contributed by atoms with Crippen LogP contribution in [0.25, 0.3) is 0 Å². The van der Waals surface area contributed by atoms with Crippen LogP contribution in [0.4, 0.5) is 14.5 Å². The maximum absolute atomic E-state index is 13.2. The van der Waals surface area contributed by atoms with E-state index in [0.29, 0.717) is 16.1 Å². The molecule has 1 atom stereocenters. The number of carbonyl (C=O) groups is 1. The number of amides is 1. The van der Waals surface area contributed by atoms with E-state index < -0.39 is 16.9 Å². The summed E-state index contributed by atoms with van der Waals surface area (Å²) in [6, 6.07) is 12.1. The lowest BCUT2D eigenvalue weighted by Crippen LogP contribution is -2.22. The Hall–Kier alpha value is -2.39. The summed E-state index contributed by atoms with van der Waals surface area (Å²) in [5.74, 6) is -2.20. The Labute approximate surface area is 131 Å². The smallest absolute Gasteiger partial charge is 0.237 e. The molecule has 2 aromatic rings. The normalized spacial score (nSPS) is 11.5. The van der Waals surface area contributed by atoms with E-state index in [1.807, 2.05) is 6.07 Å². The molecule has 6 heteroatoms. The van der Waals surface area contributed by atoms with Crippen molar-refractivity contribution >= 4 is 23.4 Å². The van der Waals surface area contributed by atoms with Crippen LogP contribution in [-0.2, 0) is 4.79 Å². The minimum Gasteiger partial charge on any atom is -0.324 e. The molecule has 0 radical (unpaired) electrons. The molecule has 1 N–H and O–H groups in total. The first-order valence-electron chi connectivity index (χ1n) is 6.43. The van der Waals surface area contributed by atoms with Crippen LogP contribution in [-0.4, -0.2) is 11.2 Å². The van der Waals surface area contributed by atoms with Crippen molar-refractivity contribution in [3.63, 3.8) is 0 Å². The zero-order chi connectivity index (χ0) is 16.1. The molecular formula is C16H12F2N2OS. The predicted octanol–water partition coefficient (Wildman–Crippen LogP) is 3.96. The van der Waals surface area contributed by atoms with E-state index in [9.17, 15) is 13.6 Å². The Kier molecular flexibility index (Phi) is 5.12. The van der Waals surface area contributed by atoms with Gasteiger partial charge in [-0.25, -0.2) is 8.78 Å². The Morgan fingerprint density at radius 1 is 1.23 bits per heavy atom. The highest BCUT2D eigenvalue weighted by molar-refractivity contribution is 8.00. The number of hydrogen-bond acceptors (Lipinski definition) is 3. The summed E-state index contributed by atoms with van der Waals surface area (Å²) in [6.45, 7) is 1.65. The zero-order valence-electron chi connectivity index (χ0n) is 11.6. The summed E-state index contributed by atoms with van der Waals surface area (Å²) in [6.07, 6.45) is 0. The maximum atomic E-state index is 13.2. The predicted molar refractivity (Wildman–Crippen MR) is 81.5 cm³/mol. The van der Waals surface area contributed by atoms with Gasteiger partial charge in [-0.3, -0.25) is 4.79 Å². The Morgan fingerprint density at radius 3 is 2.64 bits per heavy atom. The number of hydrogen-bond donors (Lipinski definition) is 1. The van der Waals surface area contributed by atoms with E-state index >= 15 is 0 Å². The second-order valence-electron chi connectivity index (χ2n) is 4.48. The topological polar surface area (TPSA) is 52.9 Å². The van der Waals surface area contributed by atoms with Gasteiger partial charge in [-0.2, -0.15) is 5.26 Å². The molecule has 3 nitrogen and oxygen atoms in total. The summed E-state index contributed by atoms with van der Waals surface area (Å²) in [4.78, 5) is 12.6. The fraction of sp³-hybridized carbons (Fsp3) is 0.125. The van der Waals surface area contributed by atoms with Crippen LogP contribution in [0.5, 0.6) is 0 Å². The van der Waals surface area contributed by atoms with Gasteiger partial charge < -0.3 is 5.32 Å². The Balaban J connectivity index is 2.06. The quantitative estimate of drug-likeness (QED) is 0.868. The van der Waals surface area contributed by atoms with Crippen molar-refractivity contribution in [2.24, 2.45) is 0 Å². The summed E-state index contributed by atoms with van der Waals surface area (Å²) in [5.41, 5.74) is 0.786. The van der Waals surface area contributed by atoms with Gasteiger partial charge in [-0.15, -0.1) is 11.8 Å². The number of nitriles is 1. The van der Waals surface area contributed by atoms with Crippen LogP contribution < -0.4 is 5.32 Å². The van der Waals surface area contributed by atoms with Gasteiger partial charge >= 0.3 is 0 Å². The lowest BCUT2D eigenvalue weighted by molar-refractivity contribution is -0.115. The van der Waals surface area contributed by atoms with Crippen LogP contribution >= 0.6 is 11.8 Å².